The highest BCUT2D eigenvalue weighted by molar-refractivity contribution is 7.87. The number of alkyl halides is 3. The number of hydrogen-bond acceptors (Lipinski definition) is 5. The summed E-state index contributed by atoms with van der Waals surface area (Å²) in [5.74, 6) is -0.628. The molecule has 0 spiro atoms. The lowest BCUT2D eigenvalue weighted by Crippen LogP contribution is -2.19. The van der Waals surface area contributed by atoms with Crippen molar-refractivity contribution in [2.24, 2.45) is 0 Å². The first-order valence-electron chi connectivity index (χ1n) is 7.35. The van der Waals surface area contributed by atoms with E-state index in [2.05, 4.69) is 10.1 Å². The highest BCUT2D eigenvalue weighted by atomic mass is 32.2. The van der Waals surface area contributed by atoms with Gasteiger partial charge in [-0.05, 0) is 54.4 Å². The second kappa shape index (κ2) is 6.52. The molecule has 0 saturated heterocycles. The second-order valence-electron chi connectivity index (χ2n) is 5.42. The molecule has 0 bridgehead atoms. The molecular formula is C16H12F3NO5S. The Morgan fingerprint density at radius 1 is 0.962 bits per heavy atom. The minimum atomic E-state index is -4.87. The number of ether oxygens (including phenoxy) is 1. The fourth-order valence-electron chi connectivity index (χ4n) is 2.39. The van der Waals surface area contributed by atoms with Crippen LogP contribution in [0, 0.1) is 0 Å². The Morgan fingerprint density at radius 2 is 1.62 bits per heavy atom. The van der Waals surface area contributed by atoms with Crippen molar-refractivity contribution in [1.82, 2.24) is 0 Å². The number of benzene rings is 2. The minimum Gasteiger partial charge on any atom is -0.406 e. The summed E-state index contributed by atoms with van der Waals surface area (Å²) in [4.78, 5) is 11.0. The molecule has 1 N–H and O–H groups in total. The van der Waals surface area contributed by atoms with Crippen molar-refractivity contribution in [3.05, 3.63) is 48.0 Å². The van der Waals surface area contributed by atoms with Gasteiger partial charge in [-0.3, -0.25) is 4.79 Å². The number of aryl methyl sites for hydroxylation is 1. The number of hydrogen-bond donors (Lipinski definition) is 1. The predicted octanol–water partition coefficient (Wildman–Crippen LogP) is 3.24. The van der Waals surface area contributed by atoms with E-state index < -0.39 is 22.2 Å². The molecule has 0 unspecified atom stereocenters. The molecule has 26 heavy (non-hydrogen) atoms. The molecule has 2 aromatic rings. The van der Waals surface area contributed by atoms with Crippen molar-refractivity contribution >= 4 is 21.7 Å². The van der Waals surface area contributed by atoms with Gasteiger partial charge in [-0.25, -0.2) is 0 Å². The van der Waals surface area contributed by atoms with E-state index in [9.17, 15) is 26.4 Å². The maximum Gasteiger partial charge on any atom is 0.573 e. The van der Waals surface area contributed by atoms with E-state index in [4.69, 9.17) is 4.18 Å². The first-order valence-corrected chi connectivity index (χ1v) is 8.76. The Hall–Kier alpha value is -2.75. The van der Waals surface area contributed by atoms with Crippen LogP contribution < -0.4 is 14.2 Å². The zero-order valence-electron chi connectivity index (χ0n) is 13.0. The van der Waals surface area contributed by atoms with Crippen molar-refractivity contribution in [2.75, 3.05) is 5.32 Å². The van der Waals surface area contributed by atoms with E-state index >= 15 is 0 Å². The average molecular weight is 387 g/mol. The Balaban J connectivity index is 1.78. The predicted molar refractivity (Wildman–Crippen MR) is 84.3 cm³/mol. The van der Waals surface area contributed by atoms with Gasteiger partial charge >= 0.3 is 16.5 Å². The van der Waals surface area contributed by atoms with Crippen LogP contribution in [0.3, 0.4) is 0 Å². The van der Waals surface area contributed by atoms with Crippen LogP contribution in [0.25, 0.3) is 0 Å². The van der Waals surface area contributed by atoms with Crippen LogP contribution in [0.1, 0.15) is 12.0 Å². The smallest absolute Gasteiger partial charge is 0.406 e. The lowest BCUT2D eigenvalue weighted by Gasteiger charge is -2.17. The zero-order chi connectivity index (χ0) is 18.9. The van der Waals surface area contributed by atoms with Gasteiger partial charge in [-0.15, -0.1) is 13.2 Å². The number of rotatable bonds is 4. The Morgan fingerprint density at radius 3 is 2.27 bits per heavy atom. The summed E-state index contributed by atoms with van der Waals surface area (Å²) in [7, 11) is -4.24. The third-order valence-electron chi connectivity index (χ3n) is 3.52. The van der Waals surface area contributed by atoms with Gasteiger partial charge in [0.1, 0.15) is 16.4 Å². The third kappa shape index (κ3) is 4.26. The van der Waals surface area contributed by atoms with Crippen molar-refractivity contribution in [1.29, 1.82) is 0 Å². The summed E-state index contributed by atoms with van der Waals surface area (Å²) < 4.78 is 69.6. The summed E-state index contributed by atoms with van der Waals surface area (Å²) >= 11 is 0. The molecular weight excluding hydrogens is 375 g/mol. The second-order valence-corrected chi connectivity index (χ2v) is 6.97. The summed E-state index contributed by atoms with van der Waals surface area (Å²) in [5, 5.41) is 2.66. The number of halogens is 3. The van der Waals surface area contributed by atoms with Gasteiger partial charge in [-0.1, -0.05) is 0 Å². The number of nitrogens with one attached hydrogen (secondary N) is 1. The Labute approximate surface area is 146 Å². The van der Waals surface area contributed by atoms with E-state index in [0.29, 0.717) is 12.1 Å². The average Bonchev–Trinajstić information content (AvgIpc) is 2.54. The van der Waals surface area contributed by atoms with Crippen LogP contribution in [0.5, 0.6) is 11.5 Å². The molecule has 10 heteroatoms. The van der Waals surface area contributed by atoms with E-state index in [1.54, 1.807) is 0 Å². The van der Waals surface area contributed by atoms with Gasteiger partial charge in [0.05, 0.1) is 0 Å². The van der Waals surface area contributed by atoms with Crippen LogP contribution in [0.4, 0.5) is 18.9 Å². The first kappa shape index (κ1) is 18.1. The van der Waals surface area contributed by atoms with Gasteiger partial charge in [0.15, 0.2) is 0 Å². The lowest BCUT2D eigenvalue weighted by molar-refractivity contribution is -0.274. The normalized spacial score (nSPS) is 14.3. The van der Waals surface area contributed by atoms with Crippen LogP contribution in [0.2, 0.25) is 0 Å². The van der Waals surface area contributed by atoms with E-state index in [0.717, 1.165) is 29.8 Å². The van der Waals surface area contributed by atoms with Crippen molar-refractivity contribution in [2.45, 2.75) is 24.1 Å². The Kier molecular flexibility index (Phi) is 4.53. The van der Waals surface area contributed by atoms with Crippen LogP contribution in [-0.4, -0.2) is 20.7 Å². The third-order valence-corrected chi connectivity index (χ3v) is 4.79. The van der Waals surface area contributed by atoms with Crippen LogP contribution >= 0.6 is 0 Å². The summed E-state index contributed by atoms with van der Waals surface area (Å²) in [6.07, 6.45) is -4.14. The molecule has 138 valence electrons. The van der Waals surface area contributed by atoms with Gasteiger partial charge in [-0.2, -0.15) is 8.42 Å². The zero-order valence-corrected chi connectivity index (χ0v) is 13.9. The molecule has 0 fully saturated rings. The molecule has 1 heterocycles. The monoisotopic (exact) mass is 387 g/mol. The van der Waals surface area contributed by atoms with Gasteiger partial charge < -0.3 is 14.2 Å². The largest absolute Gasteiger partial charge is 0.573 e. The van der Waals surface area contributed by atoms with Crippen LogP contribution in [0.15, 0.2) is 47.4 Å². The minimum absolute atomic E-state index is 0.0375. The highest BCUT2D eigenvalue weighted by Crippen LogP contribution is 2.29. The molecule has 1 aliphatic heterocycles. The number of carbonyl (C=O) groups excluding carboxylic acids is 1. The maximum absolute atomic E-state index is 12.3. The molecule has 3 rings (SSSR count). The molecule has 0 radical (unpaired) electrons. The van der Waals surface area contributed by atoms with Crippen molar-refractivity contribution in [3.8, 4) is 11.5 Å². The number of anilines is 1. The summed E-state index contributed by atoms with van der Waals surface area (Å²) in [6.45, 7) is 0. The standard InChI is InChI=1S/C16H12F3NO5S/c17-16(18,19)24-11-2-5-13(6-3-11)26(22,23)25-12-4-7-14-10(9-12)1-8-15(21)20-14/h2-7,9H,1,8H2,(H,20,21). The molecule has 6 nitrogen and oxygen atoms in total. The Bertz CT molecular complexity index is 939. The fraction of sp³-hybridized carbons (Fsp3) is 0.188. The first-order chi connectivity index (χ1) is 12.1. The van der Waals surface area contributed by atoms with E-state index in [-0.39, 0.29) is 23.0 Å². The molecule has 2 aromatic carbocycles. The van der Waals surface area contributed by atoms with E-state index in [1.807, 2.05) is 0 Å². The highest BCUT2D eigenvalue weighted by Gasteiger charge is 2.31. The maximum atomic E-state index is 12.3. The topological polar surface area (TPSA) is 81.7 Å². The molecule has 1 aliphatic rings. The van der Waals surface area contributed by atoms with Crippen LogP contribution in [-0.2, 0) is 21.3 Å². The van der Waals surface area contributed by atoms with Crippen molar-refractivity contribution in [3.63, 3.8) is 0 Å². The van der Waals surface area contributed by atoms with Gasteiger partial charge in [0.25, 0.3) is 0 Å². The summed E-state index contributed by atoms with van der Waals surface area (Å²) in [6, 6.07) is 8.07. The number of fused-ring (bicyclic) bond motifs is 1. The number of carbonyl (C=O) groups is 1. The molecule has 0 saturated carbocycles. The quantitative estimate of drug-likeness (QED) is 0.815. The summed E-state index contributed by atoms with van der Waals surface area (Å²) in [5.41, 5.74) is 1.31. The molecule has 0 aromatic heterocycles. The molecule has 0 aliphatic carbocycles. The number of amides is 1. The molecule has 1 amide bonds. The SMILES string of the molecule is O=C1CCc2cc(OS(=O)(=O)c3ccc(OC(F)(F)F)cc3)ccc2N1. The van der Waals surface area contributed by atoms with Gasteiger partial charge in [0.2, 0.25) is 5.91 Å². The fourth-order valence-corrected chi connectivity index (χ4v) is 3.32. The van der Waals surface area contributed by atoms with Gasteiger partial charge in [0, 0.05) is 12.1 Å². The van der Waals surface area contributed by atoms with E-state index in [1.165, 1.54) is 18.2 Å². The molecule has 0 atom stereocenters. The van der Waals surface area contributed by atoms with Crippen molar-refractivity contribution < 1.29 is 35.3 Å². The lowest BCUT2D eigenvalue weighted by atomic mass is 10.0.